The highest BCUT2D eigenvalue weighted by molar-refractivity contribution is 5.98. The Hall–Kier alpha value is -1.88. The van der Waals surface area contributed by atoms with Crippen LogP contribution >= 0.6 is 0 Å². The number of rotatable bonds is 1. The number of piperidine rings is 1. The molecule has 0 saturated carbocycles. The van der Waals surface area contributed by atoms with Gasteiger partial charge in [0.15, 0.2) is 5.82 Å². The first-order chi connectivity index (χ1) is 9.48. The van der Waals surface area contributed by atoms with Crippen LogP contribution < -0.4 is 10.6 Å². The average Bonchev–Trinajstić information content (AvgIpc) is 2.37. The van der Waals surface area contributed by atoms with Crippen molar-refractivity contribution in [3.05, 3.63) is 30.2 Å². The molecule has 20 heavy (non-hydrogen) atoms. The number of β-amino-alcohol motifs (C(OH)–C–C–N with tert-alkyl or cyclic N) is 1. The second-order valence-corrected chi connectivity index (χ2v) is 5.72. The van der Waals surface area contributed by atoms with Gasteiger partial charge in [0.2, 0.25) is 0 Å². The Labute approximate surface area is 117 Å². The number of fused-ring (bicyclic) bond motifs is 1. The molecule has 1 unspecified atom stereocenters. The van der Waals surface area contributed by atoms with Crippen molar-refractivity contribution in [2.45, 2.75) is 25.4 Å². The fourth-order valence-electron chi connectivity index (χ4n) is 2.93. The maximum atomic E-state index is 14.4. The first kappa shape index (κ1) is 13.1. The van der Waals surface area contributed by atoms with E-state index in [2.05, 4.69) is 4.98 Å². The fraction of sp³-hybridized carbons (Fsp3) is 0.400. The molecular weight excluding hydrogens is 257 g/mol. The highest BCUT2D eigenvalue weighted by Crippen LogP contribution is 2.35. The number of aromatic nitrogens is 1. The number of nitrogens with two attached hydrogens (primary N) is 1. The van der Waals surface area contributed by atoms with Crippen molar-refractivity contribution < 1.29 is 9.50 Å². The molecule has 3 N–H and O–H groups in total. The lowest BCUT2D eigenvalue weighted by Gasteiger charge is -2.38. The van der Waals surface area contributed by atoms with Gasteiger partial charge >= 0.3 is 0 Å². The second-order valence-electron chi connectivity index (χ2n) is 5.72. The van der Waals surface area contributed by atoms with E-state index in [1.807, 2.05) is 11.0 Å². The lowest BCUT2D eigenvalue weighted by molar-refractivity contribution is 0.0448. The van der Waals surface area contributed by atoms with Crippen LogP contribution in [0.4, 0.5) is 15.8 Å². The number of aliphatic hydroxyl groups is 1. The normalized spacial score (nSPS) is 23.2. The predicted octanol–water partition coefficient (Wildman–Crippen LogP) is 2.31. The summed E-state index contributed by atoms with van der Waals surface area (Å²) >= 11 is 0. The van der Waals surface area contributed by atoms with Gasteiger partial charge < -0.3 is 15.7 Å². The Morgan fingerprint density at radius 1 is 1.50 bits per heavy atom. The van der Waals surface area contributed by atoms with E-state index in [1.165, 1.54) is 6.07 Å². The zero-order valence-corrected chi connectivity index (χ0v) is 11.4. The summed E-state index contributed by atoms with van der Waals surface area (Å²) in [6.45, 7) is 2.89. The zero-order chi connectivity index (χ0) is 14.3. The van der Waals surface area contributed by atoms with Gasteiger partial charge in [-0.3, -0.25) is 4.98 Å². The first-order valence-corrected chi connectivity index (χ1v) is 6.78. The van der Waals surface area contributed by atoms with E-state index in [4.69, 9.17) is 5.73 Å². The van der Waals surface area contributed by atoms with Gasteiger partial charge in [0, 0.05) is 30.4 Å². The quantitative estimate of drug-likeness (QED) is 0.784. The van der Waals surface area contributed by atoms with Crippen molar-refractivity contribution in [2.24, 2.45) is 0 Å². The number of anilines is 2. The van der Waals surface area contributed by atoms with Crippen molar-refractivity contribution in [3.8, 4) is 0 Å². The number of hydrogen-bond donors (Lipinski definition) is 2. The largest absolute Gasteiger partial charge is 0.398 e. The molecule has 1 aromatic heterocycles. The maximum absolute atomic E-state index is 14.4. The summed E-state index contributed by atoms with van der Waals surface area (Å²) in [5.41, 5.74) is 6.45. The fourth-order valence-corrected chi connectivity index (χ4v) is 2.93. The minimum Gasteiger partial charge on any atom is -0.398 e. The third-order valence-electron chi connectivity index (χ3n) is 3.84. The average molecular weight is 275 g/mol. The van der Waals surface area contributed by atoms with Gasteiger partial charge in [0.05, 0.1) is 16.8 Å². The van der Waals surface area contributed by atoms with Crippen molar-refractivity contribution in [1.29, 1.82) is 0 Å². The smallest absolute Gasteiger partial charge is 0.150 e. The van der Waals surface area contributed by atoms with Crippen molar-refractivity contribution in [1.82, 2.24) is 4.98 Å². The maximum Gasteiger partial charge on any atom is 0.150 e. The van der Waals surface area contributed by atoms with E-state index in [0.717, 1.165) is 18.2 Å². The lowest BCUT2D eigenvalue weighted by atomic mass is 9.94. The second kappa shape index (κ2) is 4.59. The first-order valence-electron chi connectivity index (χ1n) is 6.78. The van der Waals surface area contributed by atoms with Crippen LogP contribution in [0.1, 0.15) is 19.8 Å². The van der Waals surface area contributed by atoms with Crippen LogP contribution in [0, 0.1) is 5.82 Å². The summed E-state index contributed by atoms with van der Waals surface area (Å²) in [7, 11) is 0. The zero-order valence-electron chi connectivity index (χ0n) is 11.4. The third-order valence-corrected chi connectivity index (χ3v) is 3.84. The van der Waals surface area contributed by atoms with Gasteiger partial charge in [-0.1, -0.05) is 0 Å². The van der Waals surface area contributed by atoms with Gasteiger partial charge in [0.1, 0.15) is 0 Å². The van der Waals surface area contributed by atoms with E-state index in [-0.39, 0.29) is 5.82 Å². The molecule has 5 heteroatoms. The summed E-state index contributed by atoms with van der Waals surface area (Å²) in [5, 5.41) is 11.0. The summed E-state index contributed by atoms with van der Waals surface area (Å²) in [6.07, 6.45) is 3.18. The molecule has 0 aliphatic carbocycles. The molecule has 2 heterocycles. The van der Waals surface area contributed by atoms with Crippen LogP contribution in [-0.2, 0) is 0 Å². The van der Waals surface area contributed by atoms with Crippen LogP contribution in [0.2, 0.25) is 0 Å². The molecule has 3 rings (SSSR count). The minimum atomic E-state index is -0.798. The highest BCUT2D eigenvalue weighted by atomic mass is 19.1. The van der Waals surface area contributed by atoms with Gasteiger partial charge in [0.25, 0.3) is 0 Å². The molecular formula is C15H18FN3O. The van der Waals surface area contributed by atoms with Crippen molar-refractivity contribution in [3.63, 3.8) is 0 Å². The molecule has 106 valence electrons. The molecule has 1 atom stereocenters. The highest BCUT2D eigenvalue weighted by Gasteiger charge is 2.31. The molecule has 1 saturated heterocycles. The van der Waals surface area contributed by atoms with Gasteiger partial charge in [-0.05, 0) is 38.0 Å². The molecule has 1 aliphatic rings. The Kier molecular flexibility index (Phi) is 3.01. The van der Waals surface area contributed by atoms with Crippen LogP contribution in [0.25, 0.3) is 10.9 Å². The van der Waals surface area contributed by atoms with E-state index < -0.39 is 5.60 Å². The Bertz CT molecular complexity index is 657. The molecule has 4 nitrogen and oxygen atoms in total. The molecule has 0 spiro atoms. The number of halogens is 1. The summed E-state index contributed by atoms with van der Waals surface area (Å²) in [5.74, 6) is -0.383. The van der Waals surface area contributed by atoms with E-state index in [9.17, 15) is 9.50 Å². The lowest BCUT2D eigenvalue weighted by Crippen LogP contribution is -2.46. The van der Waals surface area contributed by atoms with E-state index in [0.29, 0.717) is 30.0 Å². The SMILES string of the molecule is CC1(O)CCCN(c2c(F)cc(N)c3cccnc23)C1. The van der Waals surface area contributed by atoms with Crippen LogP contribution in [0.3, 0.4) is 0 Å². The molecule has 1 aromatic carbocycles. The summed E-state index contributed by atoms with van der Waals surface area (Å²) in [6, 6.07) is 4.96. The predicted molar refractivity (Wildman–Crippen MR) is 78.2 cm³/mol. The standard InChI is InChI=1S/C15H18FN3O/c1-15(20)5-3-7-19(9-15)14-11(16)8-12(17)10-4-2-6-18-13(10)14/h2,4,6,8,20H,3,5,7,9,17H2,1H3. The van der Waals surface area contributed by atoms with Crippen molar-refractivity contribution >= 4 is 22.3 Å². The van der Waals surface area contributed by atoms with Gasteiger partial charge in [-0.2, -0.15) is 0 Å². The number of hydrogen-bond acceptors (Lipinski definition) is 4. The number of nitrogen functional groups attached to an aromatic ring is 1. The molecule has 0 amide bonds. The molecule has 1 fully saturated rings. The van der Waals surface area contributed by atoms with Crippen molar-refractivity contribution in [2.75, 3.05) is 23.7 Å². The monoisotopic (exact) mass is 275 g/mol. The van der Waals surface area contributed by atoms with Gasteiger partial charge in [-0.15, -0.1) is 0 Å². The van der Waals surface area contributed by atoms with Crippen LogP contribution in [0.15, 0.2) is 24.4 Å². The summed E-state index contributed by atoms with van der Waals surface area (Å²) in [4.78, 5) is 6.15. The number of nitrogens with zero attached hydrogens (tertiary/aromatic N) is 2. The van der Waals surface area contributed by atoms with Crippen LogP contribution in [-0.4, -0.2) is 28.8 Å². The van der Waals surface area contributed by atoms with E-state index in [1.54, 1.807) is 19.2 Å². The van der Waals surface area contributed by atoms with Gasteiger partial charge in [-0.25, -0.2) is 4.39 Å². The molecule has 0 bridgehead atoms. The third kappa shape index (κ3) is 2.18. The number of pyridine rings is 1. The topological polar surface area (TPSA) is 62.4 Å². The Balaban J connectivity index is 2.16. The molecule has 2 aromatic rings. The molecule has 0 radical (unpaired) electrons. The Morgan fingerprint density at radius 2 is 2.30 bits per heavy atom. The van der Waals surface area contributed by atoms with Crippen LogP contribution in [0.5, 0.6) is 0 Å². The minimum absolute atomic E-state index is 0.383. The molecule has 1 aliphatic heterocycles. The van der Waals surface area contributed by atoms with E-state index >= 15 is 0 Å². The summed E-state index contributed by atoms with van der Waals surface area (Å²) < 4.78 is 14.4. The number of benzene rings is 1. The Morgan fingerprint density at radius 3 is 3.05 bits per heavy atom.